The number of rotatable bonds is 4. The zero-order chi connectivity index (χ0) is 20.3. The molecule has 0 aliphatic carbocycles. The van der Waals surface area contributed by atoms with E-state index in [9.17, 15) is 14.4 Å². The highest BCUT2D eigenvalue weighted by Crippen LogP contribution is 2.22. The van der Waals surface area contributed by atoms with Gasteiger partial charge >= 0.3 is 11.7 Å². The van der Waals surface area contributed by atoms with Crippen LogP contribution in [0.5, 0.6) is 5.75 Å². The highest BCUT2D eigenvalue weighted by Gasteiger charge is 2.11. The lowest BCUT2D eigenvalue weighted by atomic mass is 10.1. The van der Waals surface area contributed by atoms with E-state index in [0.717, 1.165) is 22.1 Å². The van der Waals surface area contributed by atoms with Gasteiger partial charge in [-0.05, 0) is 50.1 Å². The first kappa shape index (κ1) is 19.2. The van der Waals surface area contributed by atoms with Crippen molar-refractivity contribution in [2.24, 2.45) is 0 Å². The molecule has 28 heavy (non-hydrogen) atoms. The standard InChI is InChI=1S/C21H20N2O5/c1-12-4-7-17(14(3)8-12)22-21(26)23-19(24)11-27-15-5-6-16-13(2)9-20(25)28-18(16)10-15/h4-10H,11H2,1-3H3,(H2,22,23,24,26). The van der Waals surface area contributed by atoms with Gasteiger partial charge in [0.05, 0.1) is 0 Å². The van der Waals surface area contributed by atoms with Gasteiger partial charge in [-0.1, -0.05) is 17.7 Å². The van der Waals surface area contributed by atoms with E-state index in [1.54, 1.807) is 18.2 Å². The molecule has 0 spiro atoms. The molecular formula is C21H20N2O5. The van der Waals surface area contributed by atoms with Crippen molar-refractivity contribution in [3.63, 3.8) is 0 Å². The Balaban J connectivity index is 1.58. The molecule has 7 heteroatoms. The summed E-state index contributed by atoms with van der Waals surface area (Å²) in [5.74, 6) is -0.251. The van der Waals surface area contributed by atoms with E-state index in [1.807, 2.05) is 32.9 Å². The molecule has 3 rings (SSSR count). The molecule has 2 aromatic carbocycles. The minimum absolute atomic E-state index is 0.353. The molecular weight excluding hydrogens is 360 g/mol. The van der Waals surface area contributed by atoms with Gasteiger partial charge in [0.1, 0.15) is 11.3 Å². The zero-order valence-electron chi connectivity index (χ0n) is 15.8. The van der Waals surface area contributed by atoms with Crippen LogP contribution in [-0.2, 0) is 4.79 Å². The highest BCUT2D eigenvalue weighted by molar-refractivity contribution is 6.02. The third kappa shape index (κ3) is 4.56. The lowest BCUT2D eigenvalue weighted by Gasteiger charge is -2.10. The monoisotopic (exact) mass is 380 g/mol. The highest BCUT2D eigenvalue weighted by atomic mass is 16.5. The fourth-order valence-electron chi connectivity index (χ4n) is 2.81. The van der Waals surface area contributed by atoms with Gasteiger partial charge in [0.15, 0.2) is 6.61 Å². The quantitative estimate of drug-likeness (QED) is 0.676. The van der Waals surface area contributed by atoms with Crippen molar-refractivity contribution < 1.29 is 18.7 Å². The molecule has 0 saturated heterocycles. The number of carbonyl (C=O) groups excluding carboxylic acids is 2. The summed E-state index contributed by atoms with van der Waals surface area (Å²) in [5, 5.41) is 5.62. The van der Waals surface area contributed by atoms with Crippen LogP contribution in [0.3, 0.4) is 0 Å². The van der Waals surface area contributed by atoms with Crippen LogP contribution in [0.15, 0.2) is 51.7 Å². The minimum atomic E-state index is -0.638. The SMILES string of the molecule is Cc1ccc(NC(=O)NC(=O)COc2ccc3c(C)cc(=O)oc3c2)c(C)c1. The molecule has 0 radical (unpaired) electrons. The second kappa shape index (κ2) is 7.96. The molecule has 0 fully saturated rings. The fourth-order valence-corrected chi connectivity index (χ4v) is 2.81. The Kier molecular flexibility index (Phi) is 5.44. The molecule has 0 unspecified atom stereocenters. The Morgan fingerprint density at radius 3 is 2.54 bits per heavy atom. The summed E-state index contributed by atoms with van der Waals surface area (Å²) >= 11 is 0. The van der Waals surface area contributed by atoms with Crippen LogP contribution in [0.1, 0.15) is 16.7 Å². The van der Waals surface area contributed by atoms with E-state index in [-0.39, 0.29) is 6.61 Å². The third-order valence-corrected chi connectivity index (χ3v) is 4.18. The molecule has 0 aliphatic rings. The van der Waals surface area contributed by atoms with Crippen LogP contribution >= 0.6 is 0 Å². The predicted octanol–water partition coefficient (Wildman–Crippen LogP) is 3.45. The second-order valence-corrected chi connectivity index (χ2v) is 6.52. The summed E-state index contributed by atoms with van der Waals surface area (Å²) in [5.41, 5.74) is 3.30. The molecule has 1 heterocycles. The van der Waals surface area contributed by atoms with Crippen molar-refractivity contribution in [1.29, 1.82) is 0 Å². The smallest absolute Gasteiger partial charge is 0.336 e. The van der Waals surface area contributed by atoms with E-state index in [4.69, 9.17) is 9.15 Å². The van der Waals surface area contributed by atoms with Crippen molar-refractivity contribution in [3.8, 4) is 5.75 Å². The number of hydrogen-bond donors (Lipinski definition) is 2. The maximum absolute atomic E-state index is 12.0. The molecule has 0 atom stereocenters. The van der Waals surface area contributed by atoms with Crippen LogP contribution in [0.2, 0.25) is 0 Å². The topological polar surface area (TPSA) is 97.6 Å². The van der Waals surface area contributed by atoms with E-state index in [1.165, 1.54) is 12.1 Å². The number of ether oxygens (including phenoxy) is 1. The average Bonchev–Trinajstić information content (AvgIpc) is 2.62. The van der Waals surface area contributed by atoms with Crippen LogP contribution in [-0.4, -0.2) is 18.5 Å². The third-order valence-electron chi connectivity index (χ3n) is 4.18. The van der Waals surface area contributed by atoms with Gasteiger partial charge in [-0.15, -0.1) is 0 Å². The van der Waals surface area contributed by atoms with Crippen LogP contribution in [0.4, 0.5) is 10.5 Å². The Bertz CT molecular complexity index is 1120. The lowest BCUT2D eigenvalue weighted by Crippen LogP contribution is -2.37. The number of nitrogens with one attached hydrogen (secondary N) is 2. The van der Waals surface area contributed by atoms with E-state index in [2.05, 4.69) is 10.6 Å². The Labute approximate surface area is 161 Å². The van der Waals surface area contributed by atoms with Crippen molar-refractivity contribution in [2.45, 2.75) is 20.8 Å². The zero-order valence-corrected chi connectivity index (χ0v) is 15.8. The first-order chi connectivity index (χ1) is 13.3. The molecule has 3 aromatic rings. The normalized spacial score (nSPS) is 10.5. The van der Waals surface area contributed by atoms with Gasteiger partial charge in [0, 0.05) is 23.2 Å². The number of anilines is 1. The maximum atomic E-state index is 12.0. The Hall–Kier alpha value is -3.61. The molecule has 2 N–H and O–H groups in total. The molecule has 144 valence electrons. The number of imide groups is 1. The molecule has 0 saturated carbocycles. The summed E-state index contributed by atoms with van der Waals surface area (Å²) < 4.78 is 10.5. The van der Waals surface area contributed by atoms with Gasteiger partial charge in [0.25, 0.3) is 5.91 Å². The summed E-state index contributed by atoms with van der Waals surface area (Å²) in [6, 6.07) is 11.3. The second-order valence-electron chi connectivity index (χ2n) is 6.52. The number of hydrogen-bond acceptors (Lipinski definition) is 5. The van der Waals surface area contributed by atoms with E-state index in [0.29, 0.717) is 17.0 Å². The van der Waals surface area contributed by atoms with Gasteiger partial charge in [-0.2, -0.15) is 0 Å². The summed E-state index contributed by atoms with van der Waals surface area (Å²) in [6.45, 7) is 5.27. The van der Waals surface area contributed by atoms with Crippen LogP contribution in [0.25, 0.3) is 11.0 Å². The molecule has 0 aliphatic heterocycles. The van der Waals surface area contributed by atoms with Gasteiger partial charge in [0.2, 0.25) is 0 Å². The first-order valence-electron chi connectivity index (χ1n) is 8.67. The number of amides is 3. The van der Waals surface area contributed by atoms with Crippen molar-refractivity contribution >= 4 is 28.6 Å². The Morgan fingerprint density at radius 2 is 1.79 bits per heavy atom. The summed E-state index contributed by atoms with van der Waals surface area (Å²) in [7, 11) is 0. The maximum Gasteiger partial charge on any atom is 0.336 e. The number of aryl methyl sites for hydroxylation is 3. The predicted molar refractivity (Wildman–Crippen MR) is 106 cm³/mol. The van der Waals surface area contributed by atoms with Gasteiger partial charge < -0.3 is 14.5 Å². The average molecular weight is 380 g/mol. The number of fused-ring (bicyclic) bond motifs is 1. The molecule has 3 amide bonds. The first-order valence-corrected chi connectivity index (χ1v) is 8.67. The minimum Gasteiger partial charge on any atom is -0.484 e. The molecule has 7 nitrogen and oxygen atoms in total. The fraction of sp³-hybridized carbons (Fsp3) is 0.190. The summed E-state index contributed by atoms with van der Waals surface area (Å²) in [4.78, 5) is 35.4. The van der Waals surface area contributed by atoms with Crippen molar-refractivity contribution in [1.82, 2.24) is 5.32 Å². The van der Waals surface area contributed by atoms with Crippen LogP contribution < -0.4 is 21.0 Å². The van der Waals surface area contributed by atoms with Gasteiger partial charge in [-0.25, -0.2) is 9.59 Å². The number of benzene rings is 2. The summed E-state index contributed by atoms with van der Waals surface area (Å²) in [6.07, 6.45) is 0. The molecule has 1 aromatic heterocycles. The number of carbonyl (C=O) groups is 2. The van der Waals surface area contributed by atoms with Gasteiger partial charge in [-0.3, -0.25) is 10.1 Å². The Morgan fingerprint density at radius 1 is 1.00 bits per heavy atom. The number of urea groups is 1. The largest absolute Gasteiger partial charge is 0.484 e. The van der Waals surface area contributed by atoms with E-state index < -0.39 is 17.6 Å². The molecule has 0 bridgehead atoms. The van der Waals surface area contributed by atoms with Crippen molar-refractivity contribution in [3.05, 3.63) is 69.6 Å². The van der Waals surface area contributed by atoms with Crippen molar-refractivity contribution in [2.75, 3.05) is 11.9 Å². The van der Waals surface area contributed by atoms with Crippen LogP contribution in [0, 0.1) is 20.8 Å². The lowest BCUT2D eigenvalue weighted by molar-refractivity contribution is -0.121. The van der Waals surface area contributed by atoms with E-state index >= 15 is 0 Å².